The molecule has 1 N–H and O–H groups in total. The average molecular weight is 556 g/mol. The Bertz CT molecular complexity index is 1480. The number of nitrogens with one attached hydrogen (secondary N) is 1. The van der Waals surface area contributed by atoms with E-state index in [0.29, 0.717) is 18.9 Å². The number of nitrogens with zero attached hydrogens (tertiary/aromatic N) is 2. The second kappa shape index (κ2) is 11.5. The van der Waals surface area contributed by atoms with Crippen molar-refractivity contribution in [2.24, 2.45) is 0 Å². The van der Waals surface area contributed by atoms with E-state index < -0.39 is 53.7 Å². The lowest BCUT2D eigenvalue weighted by atomic mass is 10.0. The van der Waals surface area contributed by atoms with E-state index in [9.17, 15) is 27.6 Å². The first-order valence-electron chi connectivity index (χ1n) is 12.9. The van der Waals surface area contributed by atoms with Gasteiger partial charge in [0.2, 0.25) is 5.43 Å². The topological polar surface area (TPSA) is 89.9 Å². The number of fused-ring (bicyclic) bond motifs is 4. The third kappa shape index (κ3) is 5.21. The Labute approximate surface area is 228 Å². The molecule has 210 valence electrons. The predicted octanol–water partition coefficient (Wildman–Crippen LogP) is 3.78. The minimum Gasteiger partial charge on any atom is -0.483 e. The van der Waals surface area contributed by atoms with Gasteiger partial charge >= 0.3 is 0 Å². The van der Waals surface area contributed by atoms with E-state index in [1.807, 2.05) is 6.07 Å². The highest BCUT2D eigenvalue weighted by atomic mass is 19.1. The van der Waals surface area contributed by atoms with E-state index in [-0.39, 0.29) is 42.3 Å². The van der Waals surface area contributed by atoms with Crippen molar-refractivity contribution in [3.05, 3.63) is 99.0 Å². The van der Waals surface area contributed by atoms with Crippen LogP contribution < -0.4 is 15.5 Å². The van der Waals surface area contributed by atoms with Crippen molar-refractivity contribution in [1.29, 1.82) is 0 Å². The number of halogens is 3. The molecule has 0 spiro atoms. The summed E-state index contributed by atoms with van der Waals surface area (Å²) in [5, 5.41) is 2.50. The Morgan fingerprint density at radius 2 is 1.88 bits per heavy atom. The van der Waals surface area contributed by atoms with Crippen LogP contribution in [0.3, 0.4) is 0 Å². The number of hydrogen-bond acceptors (Lipinski definition) is 5. The molecule has 8 nitrogen and oxygen atoms in total. The Morgan fingerprint density at radius 3 is 2.58 bits per heavy atom. The number of alkyl halides is 1. The van der Waals surface area contributed by atoms with Gasteiger partial charge in [0.15, 0.2) is 11.4 Å². The second-order valence-corrected chi connectivity index (χ2v) is 9.83. The minimum atomic E-state index is -0.844. The van der Waals surface area contributed by atoms with Crippen LogP contribution in [0.15, 0.2) is 59.5 Å². The fourth-order valence-corrected chi connectivity index (χ4v) is 5.30. The molecule has 0 unspecified atom stereocenters. The maximum atomic E-state index is 14.1. The highest BCUT2D eigenvalue weighted by molar-refractivity contribution is 5.99. The van der Waals surface area contributed by atoms with E-state index in [2.05, 4.69) is 5.32 Å². The molecule has 0 saturated carbocycles. The number of carbonyl (C=O) groups excluding carboxylic acids is 2. The smallest absolute Gasteiger partial charge is 0.274 e. The zero-order chi connectivity index (χ0) is 28.4. The third-order valence-corrected chi connectivity index (χ3v) is 7.46. The molecule has 0 aliphatic carbocycles. The molecule has 2 bridgehead atoms. The molecule has 3 atom stereocenters. The lowest BCUT2D eigenvalue weighted by Crippen LogP contribution is -2.50. The first-order chi connectivity index (χ1) is 19.3. The molecule has 1 saturated heterocycles. The summed E-state index contributed by atoms with van der Waals surface area (Å²) in [5.41, 5.74) is -0.491. The molecule has 3 aromatic rings. The summed E-state index contributed by atoms with van der Waals surface area (Å²) < 4.78 is 54.6. The van der Waals surface area contributed by atoms with Crippen LogP contribution in [0.5, 0.6) is 5.75 Å². The molecule has 5 rings (SSSR count). The van der Waals surface area contributed by atoms with Crippen molar-refractivity contribution in [2.75, 3.05) is 20.3 Å². The van der Waals surface area contributed by atoms with Crippen molar-refractivity contribution in [2.45, 2.75) is 44.2 Å². The molecule has 2 aliphatic heterocycles. The normalized spacial score (nSPS) is 20.1. The van der Waals surface area contributed by atoms with Gasteiger partial charge in [-0.25, -0.2) is 13.2 Å². The molecule has 40 heavy (non-hydrogen) atoms. The van der Waals surface area contributed by atoms with Gasteiger partial charge in [-0.15, -0.1) is 0 Å². The van der Waals surface area contributed by atoms with Crippen molar-refractivity contribution in [3.8, 4) is 5.75 Å². The third-order valence-electron chi connectivity index (χ3n) is 7.46. The van der Waals surface area contributed by atoms with E-state index in [1.165, 1.54) is 28.8 Å². The number of aromatic nitrogens is 1. The van der Waals surface area contributed by atoms with Crippen molar-refractivity contribution >= 4 is 11.8 Å². The molecule has 1 aromatic heterocycles. The first kappa shape index (κ1) is 27.4. The number of methoxy groups -OCH3 is 1. The molecule has 2 aromatic carbocycles. The summed E-state index contributed by atoms with van der Waals surface area (Å²) in [6, 6.07) is 10.7. The van der Waals surface area contributed by atoms with Gasteiger partial charge in [-0.3, -0.25) is 14.4 Å². The fourth-order valence-electron chi connectivity index (χ4n) is 5.30. The Kier molecular flexibility index (Phi) is 7.92. The number of ether oxygens (including phenoxy) is 2. The van der Waals surface area contributed by atoms with Gasteiger partial charge in [0, 0.05) is 38.0 Å². The number of hydrogen-bond donors (Lipinski definition) is 1. The quantitative estimate of drug-likeness (QED) is 0.457. The van der Waals surface area contributed by atoms with E-state index in [1.54, 1.807) is 24.3 Å². The van der Waals surface area contributed by atoms with Crippen molar-refractivity contribution in [1.82, 2.24) is 14.8 Å². The zero-order valence-corrected chi connectivity index (χ0v) is 21.7. The molecule has 1 fully saturated rings. The molecule has 2 amide bonds. The molecular formula is C29H28F3N3O5. The maximum Gasteiger partial charge on any atom is 0.274 e. The minimum absolute atomic E-state index is 0.0275. The lowest BCUT2D eigenvalue weighted by Gasteiger charge is -2.39. The zero-order valence-electron chi connectivity index (χ0n) is 21.7. The van der Waals surface area contributed by atoms with E-state index >= 15 is 0 Å². The second-order valence-electron chi connectivity index (χ2n) is 9.83. The number of amides is 2. The maximum absolute atomic E-state index is 14.1. The number of rotatable bonds is 8. The summed E-state index contributed by atoms with van der Waals surface area (Å²) in [7, 11) is 1.51. The monoisotopic (exact) mass is 555 g/mol. The van der Waals surface area contributed by atoms with Crippen molar-refractivity contribution in [3.63, 3.8) is 0 Å². The number of carbonyl (C=O) groups is 2. The average Bonchev–Trinajstić information content (AvgIpc) is 3.12. The van der Waals surface area contributed by atoms with Crippen LogP contribution in [0, 0.1) is 11.6 Å². The largest absolute Gasteiger partial charge is 0.483 e. The van der Waals surface area contributed by atoms with Gasteiger partial charge < -0.3 is 24.3 Å². The van der Waals surface area contributed by atoms with Crippen LogP contribution in [0.2, 0.25) is 0 Å². The van der Waals surface area contributed by atoms with E-state index in [0.717, 1.165) is 11.6 Å². The van der Waals surface area contributed by atoms with Gasteiger partial charge in [0.1, 0.15) is 30.5 Å². The molecule has 2 aliphatic rings. The number of pyridine rings is 1. The SMILES string of the molecule is CO[C@H]1CC[C@H](CF)N2C[C@H]1n1cc(C(=O)NCc3ccc(F)cc3F)c(=O)c(OCc3ccccc3)c1C2=O. The standard InChI is InChI=1S/C29H28F3N3O5/c1-39-24-10-9-20(12-30)34-15-23(24)35-14-21(28(37)33-13-18-7-8-19(31)11-22(18)32)26(36)27(25(35)29(34)38)40-16-17-5-3-2-4-6-17/h2-8,11,14,20,23-24H,9-10,12-13,15-16H2,1H3,(H,33,37)/t20-,23-,24+/m1/s1. The van der Waals surface area contributed by atoms with Crippen LogP contribution in [0.25, 0.3) is 0 Å². The number of benzene rings is 2. The van der Waals surface area contributed by atoms with Gasteiger partial charge in [0.25, 0.3) is 11.8 Å². The summed E-state index contributed by atoms with van der Waals surface area (Å²) in [6.07, 6.45) is 1.67. The lowest BCUT2D eigenvalue weighted by molar-refractivity contribution is 0.0311. The summed E-state index contributed by atoms with van der Waals surface area (Å²) in [6.45, 7) is -0.990. The molecule has 11 heteroatoms. The van der Waals surface area contributed by atoms with Gasteiger partial charge in [0.05, 0.1) is 18.2 Å². The molecule has 3 heterocycles. The molecule has 0 radical (unpaired) electrons. The molecular weight excluding hydrogens is 527 g/mol. The predicted molar refractivity (Wildman–Crippen MR) is 139 cm³/mol. The van der Waals surface area contributed by atoms with Gasteiger partial charge in [-0.2, -0.15) is 0 Å². The Morgan fingerprint density at radius 1 is 1.10 bits per heavy atom. The highest BCUT2D eigenvalue weighted by Gasteiger charge is 2.44. The van der Waals surface area contributed by atoms with Crippen molar-refractivity contribution < 1.29 is 32.2 Å². The van der Waals surface area contributed by atoms with Gasteiger partial charge in [-0.05, 0) is 24.5 Å². The fraction of sp³-hybridized carbons (Fsp3) is 0.345. The summed E-state index contributed by atoms with van der Waals surface area (Å²) in [5.74, 6) is -3.34. The highest BCUT2D eigenvalue weighted by Crippen LogP contribution is 2.36. The van der Waals surface area contributed by atoms with Crippen LogP contribution in [0.4, 0.5) is 13.2 Å². The van der Waals surface area contributed by atoms with Crippen LogP contribution >= 0.6 is 0 Å². The van der Waals surface area contributed by atoms with Crippen LogP contribution in [-0.2, 0) is 17.9 Å². The summed E-state index contributed by atoms with van der Waals surface area (Å²) >= 11 is 0. The Balaban J connectivity index is 1.58. The van der Waals surface area contributed by atoms with E-state index in [4.69, 9.17) is 9.47 Å². The van der Waals surface area contributed by atoms with Gasteiger partial charge in [-0.1, -0.05) is 36.4 Å². The summed E-state index contributed by atoms with van der Waals surface area (Å²) in [4.78, 5) is 42.0. The van der Waals surface area contributed by atoms with Crippen LogP contribution in [-0.4, -0.2) is 53.8 Å². The Hall–Kier alpha value is -4.12. The van der Waals surface area contributed by atoms with Crippen LogP contribution in [0.1, 0.15) is 50.9 Å². The first-order valence-corrected chi connectivity index (χ1v) is 12.9.